The zero-order chi connectivity index (χ0) is 17.8. The number of rotatable bonds is 6. The maximum absolute atomic E-state index is 12.5. The predicted molar refractivity (Wildman–Crippen MR) is 98.5 cm³/mol. The third-order valence-electron chi connectivity index (χ3n) is 6.09. The van der Waals surface area contributed by atoms with Crippen molar-refractivity contribution in [2.24, 2.45) is 11.8 Å². The summed E-state index contributed by atoms with van der Waals surface area (Å²) in [5, 5.41) is 3.14. The van der Waals surface area contributed by atoms with Crippen LogP contribution in [-0.2, 0) is 9.47 Å². The number of carbonyl (C=O) groups is 1. The molecule has 5 unspecified atom stereocenters. The lowest BCUT2D eigenvalue weighted by Crippen LogP contribution is -2.43. The molecular formula is C21H31NO3. The number of fused-ring (bicyclic) bond motifs is 2. The average Bonchev–Trinajstić information content (AvgIpc) is 3.01. The van der Waals surface area contributed by atoms with Gasteiger partial charge in [-0.15, -0.1) is 0 Å². The van der Waals surface area contributed by atoms with E-state index in [9.17, 15) is 4.79 Å². The number of benzene rings is 1. The highest BCUT2D eigenvalue weighted by Crippen LogP contribution is 2.42. The molecule has 4 heteroatoms. The van der Waals surface area contributed by atoms with Gasteiger partial charge in [0.15, 0.2) is 0 Å². The molecule has 2 fully saturated rings. The van der Waals surface area contributed by atoms with Crippen molar-refractivity contribution in [2.45, 2.75) is 70.6 Å². The Morgan fingerprint density at radius 3 is 2.72 bits per heavy atom. The van der Waals surface area contributed by atoms with Gasteiger partial charge in [-0.3, -0.25) is 0 Å². The third-order valence-corrected chi connectivity index (χ3v) is 6.09. The maximum Gasteiger partial charge on any atom is 0.407 e. The van der Waals surface area contributed by atoms with E-state index in [-0.39, 0.29) is 24.3 Å². The van der Waals surface area contributed by atoms with Gasteiger partial charge in [-0.2, -0.15) is 0 Å². The highest BCUT2D eigenvalue weighted by atomic mass is 16.6. The van der Waals surface area contributed by atoms with Crippen LogP contribution >= 0.6 is 0 Å². The van der Waals surface area contributed by atoms with E-state index in [1.54, 1.807) is 7.11 Å². The lowest BCUT2D eigenvalue weighted by molar-refractivity contribution is -0.0272. The quantitative estimate of drug-likeness (QED) is 0.808. The van der Waals surface area contributed by atoms with Gasteiger partial charge in [-0.1, -0.05) is 37.6 Å². The molecule has 1 N–H and O–H groups in total. The number of ether oxygens (including phenoxy) is 2. The molecule has 2 aliphatic rings. The molecule has 25 heavy (non-hydrogen) atoms. The minimum atomic E-state index is -0.294. The average molecular weight is 345 g/mol. The molecule has 1 amide bonds. The van der Waals surface area contributed by atoms with Crippen LogP contribution in [0.4, 0.5) is 4.79 Å². The first-order chi connectivity index (χ1) is 12.1. The molecule has 0 saturated heterocycles. The van der Waals surface area contributed by atoms with E-state index >= 15 is 0 Å². The van der Waals surface area contributed by atoms with Gasteiger partial charge in [0.1, 0.15) is 12.2 Å². The SMILES string of the molecule is CCC(OC(=O)NC1CCC2CCC1C2)C(OC)c1ccccc1C. The van der Waals surface area contributed by atoms with Gasteiger partial charge in [-0.25, -0.2) is 4.79 Å². The van der Waals surface area contributed by atoms with Crippen LogP contribution in [0.5, 0.6) is 0 Å². The van der Waals surface area contributed by atoms with Gasteiger partial charge in [0.05, 0.1) is 0 Å². The third kappa shape index (κ3) is 4.17. The molecule has 1 aromatic rings. The van der Waals surface area contributed by atoms with Crippen molar-refractivity contribution in [1.29, 1.82) is 0 Å². The van der Waals surface area contributed by atoms with E-state index in [1.807, 2.05) is 25.1 Å². The van der Waals surface area contributed by atoms with Gasteiger partial charge in [0.2, 0.25) is 0 Å². The van der Waals surface area contributed by atoms with E-state index in [0.29, 0.717) is 5.92 Å². The first kappa shape index (κ1) is 18.2. The Kier molecular flexibility index (Phi) is 6.00. The number of nitrogens with one attached hydrogen (secondary N) is 1. The fourth-order valence-electron chi connectivity index (χ4n) is 4.65. The van der Waals surface area contributed by atoms with Crippen molar-refractivity contribution in [3.8, 4) is 0 Å². The monoisotopic (exact) mass is 345 g/mol. The second-order valence-electron chi connectivity index (χ2n) is 7.63. The lowest BCUT2D eigenvalue weighted by atomic mass is 9.85. The number of carbonyl (C=O) groups excluding carboxylic acids is 1. The van der Waals surface area contributed by atoms with Gasteiger partial charge < -0.3 is 14.8 Å². The molecule has 4 nitrogen and oxygen atoms in total. The molecule has 138 valence electrons. The summed E-state index contributed by atoms with van der Waals surface area (Å²) in [4.78, 5) is 12.5. The summed E-state index contributed by atoms with van der Waals surface area (Å²) in [6, 6.07) is 8.40. The van der Waals surface area contributed by atoms with Gasteiger partial charge in [-0.05, 0) is 62.0 Å². The summed E-state index contributed by atoms with van der Waals surface area (Å²) in [5.41, 5.74) is 2.24. The summed E-state index contributed by atoms with van der Waals surface area (Å²) >= 11 is 0. The van der Waals surface area contributed by atoms with Crippen molar-refractivity contribution < 1.29 is 14.3 Å². The van der Waals surface area contributed by atoms with E-state index in [2.05, 4.69) is 18.3 Å². The van der Waals surface area contributed by atoms with Crippen LogP contribution in [0, 0.1) is 18.8 Å². The Labute approximate surface area is 151 Å². The van der Waals surface area contributed by atoms with Crippen LogP contribution in [0.2, 0.25) is 0 Å². The minimum Gasteiger partial charge on any atom is -0.443 e. The van der Waals surface area contributed by atoms with Crippen LogP contribution in [0.3, 0.4) is 0 Å². The minimum absolute atomic E-state index is 0.237. The van der Waals surface area contributed by atoms with Gasteiger partial charge in [0, 0.05) is 13.2 Å². The Morgan fingerprint density at radius 1 is 1.24 bits per heavy atom. The van der Waals surface area contributed by atoms with Gasteiger partial charge >= 0.3 is 6.09 Å². The standard InChI is InChI=1S/C21H31NO3/c1-4-19(20(24-3)17-8-6-5-7-14(17)2)25-21(23)22-18-12-10-15-9-11-16(18)13-15/h5-8,15-16,18-20H,4,9-13H2,1-3H3,(H,22,23). The molecule has 3 rings (SSSR count). The number of alkyl carbamates (subject to hydrolysis) is 1. The zero-order valence-electron chi connectivity index (χ0n) is 15.7. The Morgan fingerprint density at radius 2 is 2.00 bits per heavy atom. The molecule has 0 radical (unpaired) electrons. The molecular weight excluding hydrogens is 314 g/mol. The maximum atomic E-state index is 12.5. The number of aryl methyl sites for hydroxylation is 1. The number of hydrogen-bond acceptors (Lipinski definition) is 3. The highest BCUT2D eigenvalue weighted by molar-refractivity contribution is 5.68. The van der Waals surface area contributed by atoms with Crippen molar-refractivity contribution >= 4 is 6.09 Å². The fourth-order valence-corrected chi connectivity index (χ4v) is 4.65. The predicted octanol–water partition coefficient (Wildman–Crippen LogP) is 4.77. The summed E-state index contributed by atoms with van der Waals surface area (Å²) in [7, 11) is 1.68. The van der Waals surface area contributed by atoms with Crippen LogP contribution in [0.15, 0.2) is 24.3 Å². The first-order valence-electron chi connectivity index (χ1n) is 9.67. The molecule has 0 spiro atoms. The second-order valence-corrected chi connectivity index (χ2v) is 7.63. The molecule has 2 saturated carbocycles. The summed E-state index contributed by atoms with van der Waals surface area (Å²) < 4.78 is 11.5. The lowest BCUT2D eigenvalue weighted by Gasteiger charge is -2.31. The summed E-state index contributed by atoms with van der Waals surface area (Å²) in [6.07, 6.45) is 6.08. The van der Waals surface area contributed by atoms with Crippen LogP contribution in [0.1, 0.15) is 62.7 Å². The van der Waals surface area contributed by atoms with Crippen LogP contribution in [0.25, 0.3) is 0 Å². The van der Waals surface area contributed by atoms with Crippen molar-refractivity contribution in [1.82, 2.24) is 5.32 Å². The molecule has 0 aromatic heterocycles. The summed E-state index contributed by atoms with van der Waals surface area (Å²) in [5.74, 6) is 1.53. The smallest absolute Gasteiger partial charge is 0.407 e. The fraction of sp³-hybridized carbons (Fsp3) is 0.667. The number of hydrogen-bond donors (Lipinski definition) is 1. The molecule has 1 aromatic carbocycles. The Balaban J connectivity index is 1.62. The van der Waals surface area contributed by atoms with E-state index in [1.165, 1.54) is 25.7 Å². The zero-order valence-corrected chi connectivity index (χ0v) is 15.7. The van der Waals surface area contributed by atoms with Crippen molar-refractivity contribution in [2.75, 3.05) is 7.11 Å². The van der Waals surface area contributed by atoms with E-state index < -0.39 is 0 Å². The van der Waals surface area contributed by atoms with Crippen LogP contribution in [-0.4, -0.2) is 25.3 Å². The second kappa shape index (κ2) is 8.22. The van der Waals surface area contributed by atoms with Crippen molar-refractivity contribution in [3.05, 3.63) is 35.4 Å². The molecule has 0 aliphatic heterocycles. The molecule has 0 heterocycles. The van der Waals surface area contributed by atoms with Crippen LogP contribution < -0.4 is 5.32 Å². The van der Waals surface area contributed by atoms with E-state index in [0.717, 1.165) is 29.9 Å². The normalized spacial score (nSPS) is 27.6. The van der Waals surface area contributed by atoms with Crippen molar-refractivity contribution in [3.63, 3.8) is 0 Å². The molecule has 5 atom stereocenters. The topological polar surface area (TPSA) is 47.6 Å². The number of methoxy groups -OCH3 is 1. The number of amides is 1. The molecule has 2 bridgehead atoms. The first-order valence-corrected chi connectivity index (χ1v) is 9.67. The molecule has 2 aliphatic carbocycles. The largest absolute Gasteiger partial charge is 0.443 e. The Hall–Kier alpha value is -1.55. The highest BCUT2D eigenvalue weighted by Gasteiger charge is 2.37. The van der Waals surface area contributed by atoms with Gasteiger partial charge in [0.25, 0.3) is 0 Å². The Bertz CT molecular complexity index is 588. The van der Waals surface area contributed by atoms with E-state index in [4.69, 9.17) is 9.47 Å². The summed E-state index contributed by atoms with van der Waals surface area (Å²) in [6.45, 7) is 4.09.